The number of carbonyl (C=O) groups excluding carboxylic acids is 1. The Labute approximate surface area is 145 Å². The van der Waals surface area contributed by atoms with Gasteiger partial charge in [-0.15, -0.1) is 0 Å². The topological polar surface area (TPSA) is 55.2 Å². The normalized spacial score (nSPS) is 13.3. The van der Waals surface area contributed by atoms with E-state index in [1.54, 1.807) is 23.7 Å². The van der Waals surface area contributed by atoms with Crippen molar-refractivity contribution in [1.29, 1.82) is 0 Å². The maximum atomic E-state index is 12.9. The van der Waals surface area contributed by atoms with Gasteiger partial charge in [-0.1, -0.05) is 24.3 Å². The molecule has 0 N–H and O–H groups in total. The van der Waals surface area contributed by atoms with Crippen molar-refractivity contribution in [2.75, 3.05) is 4.90 Å². The summed E-state index contributed by atoms with van der Waals surface area (Å²) < 4.78 is 1.58. The van der Waals surface area contributed by atoms with Crippen LogP contribution in [-0.4, -0.2) is 15.3 Å². The predicted molar refractivity (Wildman–Crippen MR) is 98.1 cm³/mol. The zero-order chi connectivity index (χ0) is 17.7. The van der Waals surface area contributed by atoms with Gasteiger partial charge in [0.2, 0.25) is 5.95 Å². The van der Waals surface area contributed by atoms with Crippen molar-refractivity contribution in [3.8, 4) is 0 Å². The number of carbonyl (C=O) groups is 1. The molecule has 0 atom stereocenters. The van der Waals surface area contributed by atoms with Gasteiger partial charge in [-0.05, 0) is 42.7 Å². The lowest BCUT2D eigenvalue weighted by Crippen LogP contribution is -2.28. The molecule has 5 heteroatoms. The number of nitrogens with zero attached hydrogens (tertiary/aromatic N) is 3. The summed E-state index contributed by atoms with van der Waals surface area (Å²) in [5.74, 6) is 0.519. The molecule has 0 aliphatic carbocycles. The molecule has 25 heavy (non-hydrogen) atoms. The van der Waals surface area contributed by atoms with Crippen LogP contribution < -0.4 is 10.5 Å². The highest BCUT2D eigenvalue weighted by Crippen LogP contribution is 2.28. The first-order valence-corrected chi connectivity index (χ1v) is 8.30. The molecule has 2 aromatic carbocycles. The number of aromatic nitrogens is 2. The van der Waals surface area contributed by atoms with Gasteiger partial charge in [0, 0.05) is 25.7 Å². The minimum atomic E-state index is -0.123. The average molecular weight is 333 g/mol. The monoisotopic (exact) mass is 333 g/mol. The van der Waals surface area contributed by atoms with Crippen LogP contribution >= 0.6 is 0 Å². The number of hydrogen-bond acceptors (Lipinski definition) is 4. The third kappa shape index (κ3) is 2.43. The summed E-state index contributed by atoms with van der Waals surface area (Å²) in [5.41, 5.74) is 4.25. The van der Waals surface area contributed by atoms with Crippen molar-refractivity contribution in [3.63, 3.8) is 0 Å². The first kappa shape index (κ1) is 15.6. The SMILES string of the molecule is CC(=O)c1cc(C)cc2c(=O)n(C)c(N3Cc4ccccc4C3)nc12. The molecular formula is C20H19N3O2. The van der Waals surface area contributed by atoms with Crippen LogP contribution in [0.4, 0.5) is 5.95 Å². The van der Waals surface area contributed by atoms with Crippen molar-refractivity contribution in [1.82, 2.24) is 9.55 Å². The Balaban J connectivity index is 1.93. The first-order chi connectivity index (χ1) is 12.0. The molecule has 1 aliphatic heterocycles. The number of benzene rings is 2. The molecule has 0 fully saturated rings. The van der Waals surface area contributed by atoms with Gasteiger partial charge >= 0.3 is 0 Å². The van der Waals surface area contributed by atoms with Crippen LogP contribution in [0, 0.1) is 6.92 Å². The number of fused-ring (bicyclic) bond motifs is 2. The van der Waals surface area contributed by atoms with Gasteiger partial charge < -0.3 is 4.90 Å². The number of aryl methyl sites for hydroxylation is 1. The van der Waals surface area contributed by atoms with E-state index in [2.05, 4.69) is 17.0 Å². The van der Waals surface area contributed by atoms with Crippen LogP contribution in [0.5, 0.6) is 0 Å². The number of ketones is 1. The van der Waals surface area contributed by atoms with Gasteiger partial charge in [0.1, 0.15) is 0 Å². The number of anilines is 1. The Hall–Kier alpha value is -2.95. The molecule has 0 amide bonds. The van der Waals surface area contributed by atoms with E-state index < -0.39 is 0 Å². The van der Waals surface area contributed by atoms with Crippen LogP contribution in [0.3, 0.4) is 0 Å². The van der Waals surface area contributed by atoms with Crippen molar-refractivity contribution < 1.29 is 4.79 Å². The van der Waals surface area contributed by atoms with E-state index in [9.17, 15) is 9.59 Å². The van der Waals surface area contributed by atoms with Crippen LogP contribution in [0.15, 0.2) is 41.2 Å². The standard InChI is InChI=1S/C20H19N3O2/c1-12-8-16(13(2)24)18-17(9-12)19(25)22(3)20(21-18)23-10-14-6-4-5-7-15(14)11-23/h4-9H,10-11H2,1-3H3. The summed E-state index contributed by atoms with van der Waals surface area (Å²) in [6.45, 7) is 4.82. The Kier molecular flexibility index (Phi) is 3.46. The van der Waals surface area contributed by atoms with Crippen LogP contribution in [0.2, 0.25) is 0 Å². The van der Waals surface area contributed by atoms with E-state index in [1.165, 1.54) is 18.1 Å². The number of hydrogen-bond donors (Lipinski definition) is 0. The molecule has 4 rings (SSSR count). The van der Waals surface area contributed by atoms with E-state index in [-0.39, 0.29) is 11.3 Å². The minimum Gasteiger partial charge on any atom is -0.333 e. The number of rotatable bonds is 2. The summed E-state index contributed by atoms with van der Waals surface area (Å²) in [4.78, 5) is 31.8. The molecule has 0 unspecified atom stereocenters. The second kappa shape index (κ2) is 5.55. The van der Waals surface area contributed by atoms with Crippen molar-refractivity contribution in [3.05, 3.63) is 69.0 Å². The molecule has 1 aliphatic rings. The summed E-state index contributed by atoms with van der Waals surface area (Å²) in [5, 5.41) is 0.494. The fraction of sp³-hybridized carbons (Fsp3) is 0.250. The van der Waals surface area contributed by atoms with Gasteiger partial charge in [-0.3, -0.25) is 14.2 Å². The molecule has 0 bridgehead atoms. The quantitative estimate of drug-likeness (QED) is 0.677. The van der Waals surface area contributed by atoms with Gasteiger partial charge in [-0.2, -0.15) is 0 Å². The van der Waals surface area contributed by atoms with Gasteiger partial charge in [0.25, 0.3) is 5.56 Å². The third-order valence-electron chi connectivity index (χ3n) is 4.80. The highest BCUT2D eigenvalue weighted by molar-refractivity contribution is 6.05. The zero-order valence-corrected chi connectivity index (χ0v) is 14.5. The predicted octanol–water partition coefficient (Wildman–Crippen LogP) is 2.96. The molecule has 1 aromatic heterocycles. The molecular weight excluding hydrogens is 314 g/mol. The van der Waals surface area contributed by atoms with Crippen LogP contribution in [0.25, 0.3) is 10.9 Å². The Bertz CT molecular complexity index is 1060. The summed E-state index contributed by atoms with van der Waals surface area (Å²) in [7, 11) is 1.74. The smallest absolute Gasteiger partial charge is 0.262 e. The second-order valence-corrected chi connectivity index (χ2v) is 6.67. The second-order valence-electron chi connectivity index (χ2n) is 6.67. The highest BCUT2D eigenvalue weighted by atomic mass is 16.1. The van der Waals surface area contributed by atoms with Crippen molar-refractivity contribution in [2.45, 2.75) is 26.9 Å². The average Bonchev–Trinajstić information content (AvgIpc) is 3.01. The molecule has 2 heterocycles. The zero-order valence-electron chi connectivity index (χ0n) is 14.5. The summed E-state index contributed by atoms with van der Waals surface area (Å²) in [6.07, 6.45) is 0. The third-order valence-corrected chi connectivity index (χ3v) is 4.80. The Morgan fingerprint density at radius 1 is 1.12 bits per heavy atom. The molecule has 0 saturated carbocycles. The minimum absolute atomic E-state index is 0.0786. The van der Waals surface area contributed by atoms with E-state index in [1.807, 2.05) is 19.1 Å². The molecule has 0 spiro atoms. The maximum absolute atomic E-state index is 12.9. The Morgan fingerprint density at radius 3 is 2.36 bits per heavy atom. The fourth-order valence-corrected chi connectivity index (χ4v) is 3.53. The van der Waals surface area contributed by atoms with Crippen LogP contribution in [-0.2, 0) is 20.1 Å². The molecule has 0 radical (unpaired) electrons. The van der Waals surface area contributed by atoms with Crippen LogP contribution in [0.1, 0.15) is 34.0 Å². The molecule has 126 valence electrons. The Morgan fingerprint density at radius 2 is 1.76 bits per heavy atom. The lowest BCUT2D eigenvalue weighted by Gasteiger charge is -2.20. The van der Waals surface area contributed by atoms with Gasteiger partial charge in [-0.25, -0.2) is 4.98 Å². The van der Waals surface area contributed by atoms with Gasteiger partial charge in [0.05, 0.1) is 10.9 Å². The van der Waals surface area contributed by atoms with Crippen molar-refractivity contribution >= 4 is 22.6 Å². The lowest BCUT2D eigenvalue weighted by atomic mass is 10.0. The van der Waals surface area contributed by atoms with E-state index in [0.29, 0.717) is 35.5 Å². The lowest BCUT2D eigenvalue weighted by molar-refractivity contribution is 0.101. The largest absolute Gasteiger partial charge is 0.333 e. The van der Waals surface area contributed by atoms with E-state index in [0.717, 1.165) is 5.56 Å². The molecule has 0 saturated heterocycles. The first-order valence-electron chi connectivity index (χ1n) is 8.30. The van der Waals surface area contributed by atoms with E-state index >= 15 is 0 Å². The fourth-order valence-electron chi connectivity index (χ4n) is 3.53. The van der Waals surface area contributed by atoms with Gasteiger partial charge in [0.15, 0.2) is 5.78 Å². The van der Waals surface area contributed by atoms with E-state index in [4.69, 9.17) is 4.98 Å². The summed E-state index contributed by atoms with van der Waals surface area (Å²) >= 11 is 0. The molecule has 5 nitrogen and oxygen atoms in total. The summed E-state index contributed by atoms with van der Waals surface area (Å²) in [6, 6.07) is 11.8. The highest BCUT2D eigenvalue weighted by Gasteiger charge is 2.23. The molecule has 3 aromatic rings. The number of Topliss-reactive ketones (excluding diaryl/α,β-unsaturated/α-hetero) is 1. The maximum Gasteiger partial charge on any atom is 0.262 e. The van der Waals surface area contributed by atoms with Crippen molar-refractivity contribution in [2.24, 2.45) is 7.05 Å².